The molecule has 0 bridgehead atoms. The number of furan rings is 2. The molecular weight excluding hydrogens is 723 g/mol. The first-order valence-corrected chi connectivity index (χ1v) is 19.5. The molecule has 7 aromatic carbocycles. The minimum atomic E-state index is 0.586. The molecule has 0 spiro atoms. The molecule has 5 aromatic heterocycles. The van der Waals surface area contributed by atoms with Crippen molar-refractivity contribution in [1.82, 2.24) is 24.9 Å². The first-order chi connectivity index (χ1) is 28.2. The molecule has 0 aliphatic rings. The third-order valence-electron chi connectivity index (χ3n) is 10.6. The van der Waals surface area contributed by atoms with Crippen LogP contribution >= 0.6 is 11.3 Å². The SMILES string of the molecule is c1ccc(-c2nc(-c3cccc4oc5ccccc5c34)nc(-c3cccc4sc5cc(-c6nc(-c7ccccc7)c7oc8ccccc8c7n6)ccc5c34)n2)cc1. The molecule has 7 nitrogen and oxygen atoms in total. The predicted octanol–water partition coefficient (Wildman–Crippen LogP) is 13.2. The van der Waals surface area contributed by atoms with Gasteiger partial charge in [0.15, 0.2) is 28.9 Å². The van der Waals surface area contributed by atoms with Crippen LogP contribution in [0.5, 0.6) is 0 Å². The Bertz CT molecular complexity index is 3540. The Morgan fingerprint density at radius 1 is 0.368 bits per heavy atom. The largest absolute Gasteiger partial charge is 0.456 e. The van der Waals surface area contributed by atoms with Crippen LogP contribution in [-0.2, 0) is 0 Å². The number of hydrogen-bond acceptors (Lipinski definition) is 8. The van der Waals surface area contributed by atoms with Gasteiger partial charge in [-0.15, -0.1) is 11.3 Å². The van der Waals surface area contributed by atoms with Crippen LogP contribution in [0.15, 0.2) is 173 Å². The minimum Gasteiger partial charge on any atom is -0.456 e. The Labute approximate surface area is 328 Å². The van der Waals surface area contributed by atoms with E-state index in [4.69, 9.17) is 33.8 Å². The maximum Gasteiger partial charge on any atom is 0.180 e. The molecule has 0 unspecified atom stereocenters. The highest BCUT2D eigenvalue weighted by Crippen LogP contribution is 2.43. The fourth-order valence-electron chi connectivity index (χ4n) is 7.96. The number of para-hydroxylation sites is 2. The van der Waals surface area contributed by atoms with Crippen molar-refractivity contribution >= 4 is 75.5 Å². The van der Waals surface area contributed by atoms with E-state index in [2.05, 4.69) is 66.7 Å². The van der Waals surface area contributed by atoms with Crippen LogP contribution in [0, 0.1) is 0 Å². The van der Waals surface area contributed by atoms with Crippen LogP contribution in [0.1, 0.15) is 0 Å². The van der Waals surface area contributed by atoms with Gasteiger partial charge in [0.05, 0.1) is 0 Å². The highest BCUT2D eigenvalue weighted by atomic mass is 32.1. The molecule has 8 heteroatoms. The summed E-state index contributed by atoms with van der Waals surface area (Å²) in [7, 11) is 0. The van der Waals surface area contributed by atoms with Crippen LogP contribution in [0.2, 0.25) is 0 Å². The second-order valence-corrected chi connectivity index (χ2v) is 15.1. The van der Waals surface area contributed by atoms with Gasteiger partial charge in [0, 0.05) is 64.1 Å². The molecule has 266 valence electrons. The maximum atomic E-state index is 6.36. The molecule has 0 amide bonds. The van der Waals surface area contributed by atoms with E-state index in [0.717, 1.165) is 92.1 Å². The lowest BCUT2D eigenvalue weighted by Crippen LogP contribution is -2.00. The summed E-state index contributed by atoms with van der Waals surface area (Å²) in [4.78, 5) is 25.7. The second kappa shape index (κ2) is 12.5. The monoisotopic (exact) mass is 749 g/mol. The molecular formula is C49H27N5O2S. The highest BCUT2D eigenvalue weighted by Gasteiger charge is 2.22. The van der Waals surface area contributed by atoms with Gasteiger partial charge in [-0.3, -0.25) is 0 Å². The average molecular weight is 750 g/mol. The topological polar surface area (TPSA) is 90.7 Å². The summed E-state index contributed by atoms with van der Waals surface area (Å²) < 4.78 is 14.9. The third kappa shape index (κ3) is 5.08. The van der Waals surface area contributed by atoms with Crippen LogP contribution in [-0.4, -0.2) is 24.9 Å². The Kier molecular flexibility index (Phi) is 6.96. The van der Waals surface area contributed by atoms with Gasteiger partial charge in [0.25, 0.3) is 0 Å². The summed E-state index contributed by atoms with van der Waals surface area (Å²) in [6.07, 6.45) is 0. The normalized spacial score (nSPS) is 11.9. The molecule has 57 heavy (non-hydrogen) atoms. The zero-order valence-corrected chi connectivity index (χ0v) is 30.9. The van der Waals surface area contributed by atoms with Gasteiger partial charge < -0.3 is 8.83 Å². The molecule has 12 rings (SSSR count). The molecule has 0 N–H and O–H groups in total. The summed E-state index contributed by atoms with van der Waals surface area (Å²) in [5, 5.41) is 5.17. The van der Waals surface area contributed by atoms with Crippen molar-refractivity contribution in [1.29, 1.82) is 0 Å². The molecule has 0 saturated heterocycles. The number of fused-ring (bicyclic) bond motifs is 9. The molecule has 0 atom stereocenters. The number of nitrogens with zero attached hydrogens (tertiary/aromatic N) is 5. The number of benzene rings is 7. The fraction of sp³-hybridized carbons (Fsp3) is 0. The van der Waals surface area contributed by atoms with Crippen molar-refractivity contribution in [3.8, 4) is 56.8 Å². The molecule has 0 fully saturated rings. The first kappa shape index (κ1) is 31.8. The number of aromatic nitrogens is 5. The van der Waals surface area contributed by atoms with Crippen molar-refractivity contribution in [2.24, 2.45) is 0 Å². The molecule has 0 aliphatic heterocycles. The van der Waals surface area contributed by atoms with Crippen molar-refractivity contribution in [2.75, 3.05) is 0 Å². The Hall–Kier alpha value is -7.55. The summed E-state index contributed by atoms with van der Waals surface area (Å²) in [5.74, 6) is 2.44. The highest BCUT2D eigenvalue weighted by molar-refractivity contribution is 7.26. The lowest BCUT2D eigenvalue weighted by atomic mass is 10.0. The first-order valence-electron chi connectivity index (χ1n) is 18.7. The molecule has 0 aliphatic carbocycles. The van der Waals surface area contributed by atoms with Crippen molar-refractivity contribution in [2.45, 2.75) is 0 Å². The molecule has 12 aromatic rings. The van der Waals surface area contributed by atoms with Gasteiger partial charge in [-0.1, -0.05) is 127 Å². The number of rotatable bonds is 5. The number of thiophene rings is 1. The summed E-state index contributed by atoms with van der Waals surface area (Å²) >= 11 is 1.74. The quantitative estimate of drug-likeness (QED) is 0.173. The van der Waals surface area contributed by atoms with E-state index >= 15 is 0 Å². The van der Waals surface area contributed by atoms with Crippen LogP contribution in [0.4, 0.5) is 0 Å². The minimum absolute atomic E-state index is 0.586. The Balaban J connectivity index is 1.05. The summed E-state index contributed by atoms with van der Waals surface area (Å²) in [6, 6.07) is 55.3. The smallest absolute Gasteiger partial charge is 0.180 e. The maximum absolute atomic E-state index is 6.36. The zero-order valence-electron chi connectivity index (χ0n) is 30.0. The Morgan fingerprint density at radius 2 is 0.982 bits per heavy atom. The second-order valence-electron chi connectivity index (χ2n) is 14.0. The van der Waals surface area contributed by atoms with E-state index in [0.29, 0.717) is 28.9 Å². The molecule has 0 saturated carbocycles. The number of hydrogen-bond donors (Lipinski definition) is 0. The fourth-order valence-corrected chi connectivity index (χ4v) is 9.13. The van der Waals surface area contributed by atoms with Crippen molar-refractivity contribution < 1.29 is 8.83 Å². The van der Waals surface area contributed by atoms with Gasteiger partial charge >= 0.3 is 0 Å². The average Bonchev–Trinajstić information content (AvgIpc) is 3.97. The zero-order chi connectivity index (χ0) is 37.5. The van der Waals surface area contributed by atoms with Crippen LogP contribution in [0.3, 0.4) is 0 Å². The van der Waals surface area contributed by atoms with Gasteiger partial charge in [-0.2, -0.15) is 0 Å². The van der Waals surface area contributed by atoms with E-state index < -0.39 is 0 Å². The lowest BCUT2D eigenvalue weighted by molar-refractivity contribution is 0.667. The van der Waals surface area contributed by atoms with Crippen LogP contribution in [0.25, 0.3) is 121 Å². The van der Waals surface area contributed by atoms with Gasteiger partial charge in [0.2, 0.25) is 0 Å². The van der Waals surface area contributed by atoms with Gasteiger partial charge in [-0.25, -0.2) is 24.9 Å². The summed E-state index contributed by atoms with van der Waals surface area (Å²) in [5.41, 5.74) is 9.29. The third-order valence-corrected chi connectivity index (χ3v) is 11.7. The Morgan fingerprint density at radius 3 is 1.77 bits per heavy atom. The predicted molar refractivity (Wildman–Crippen MR) is 230 cm³/mol. The van der Waals surface area contributed by atoms with E-state index in [-0.39, 0.29) is 0 Å². The van der Waals surface area contributed by atoms with Gasteiger partial charge in [-0.05, 0) is 36.4 Å². The lowest BCUT2D eigenvalue weighted by Gasteiger charge is -2.10. The van der Waals surface area contributed by atoms with E-state index in [1.54, 1.807) is 11.3 Å². The van der Waals surface area contributed by atoms with Crippen LogP contribution < -0.4 is 0 Å². The van der Waals surface area contributed by atoms with Crippen molar-refractivity contribution in [3.05, 3.63) is 164 Å². The van der Waals surface area contributed by atoms with Gasteiger partial charge in [0.1, 0.15) is 28.0 Å². The van der Waals surface area contributed by atoms with E-state index in [1.165, 1.54) is 0 Å². The van der Waals surface area contributed by atoms with Crippen molar-refractivity contribution in [3.63, 3.8) is 0 Å². The standard InChI is InChI=1S/C49H27N5O2S/c1-3-13-28(14-4-1)43-45-44(32-18-8-10-22-37(32)56-45)51-47(50-43)30-25-26-33-40(27-30)57-39-24-12-20-35(42(33)39)49-53-46(29-15-5-2-6-16-29)52-48(54-49)34-19-11-23-38-41(34)31-17-7-9-21-36(31)55-38/h1-27H. The van der Waals surface area contributed by atoms with E-state index in [9.17, 15) is 0 Å². The van der Waals surface area contributed by atoms with E-state index in [1.807, 2.05) is 97.1 Å². The molecule has 0 radical (unpaired) electrons. The molecule has 5 heterocycles. The summed E-state index contributed by atoms with van der Waals surface area (Å²) in [6.45, 7) is 0.